The molecule has 0 aliphatic heterocycles. The van der Waals surface area contributed by atoms with Gasteiger partial charge in [0.05, 0.1) is 24.8 Å². The van der Waals surface area contributed by atoms with Crippen LogP contribution in [0.3, 0.4) is 0 Å². The summed E-state index contributed by atoms with van der Waals surface area (Å²) in [6, 6.07) is 11.1. The second kappa shape index (κ2) is 8.99. The molecule has 0 saturated heterocycles. The van der Waals surface area contributed by atoms with E-state index in [0.717, 1.165) is 44.1 Å². The van der Waals surface area contributed by atoms with Crippen LogP contribution in [-0.4, -0.2) is 23.0 Å². The third-order valence-corrected chi connectivity index (χ3v) is 7.43. The van der Waals surface area contributed by atoms with Crippen LogP contribution in [0.15, 0.2) is 53.6 Å². The summed E-state index contributed by atoms with van der Waals surface area (Å²) in [5, 5.41) is 1.68. The number of aromatic amines is 1. The number of benzene rings is 2. The Balaban J connectivity index is 1.50. The molecule has 0 saturated carbocycles. The molecule has 4 aromatic rings. The molecular weight excluding hydrogens is 457 g/mol. The molecule has 0 spiro atoms. The molecule has 1 N–H and O–H groups in total. The Kier molecular flexibility index (Phi) is 6.30. The van der Waals surface area contributed by atoms with Crippen molar-refractivity contribution < 1.29 is 22.7 Å². The smallest absolute Gasteiger partial charge is 0.416 e. The van der Waals surface area contributed by atoms with Crippen LogP contribution in [0.2, 0.25) is 0 Å². The zero-order valence-corrected chi connectivity index (χ0v) is 18.9. The lowest BCUT2D eigenvalue weighted by Gasteiger charge is -2.06. The van der Waals surface area contributed by atoms with Crippen molar-refractivity contribution >= 4 is 40.0 Å². The summed E-state index contributed by atoms with van der Waals surface area (Å²) in [7, 11) is 1.37. The number of hydrogen-bond donors (Lipinski definition) is 1. The number of halogens is 3. The van der Waals surface area contributed by atoms with Crippen molar-refractivity contribution in [3.8, 4) is 10.6 Å². The first-order valence-electron chi connectivity index (χ1n) is 9.68. The van der Waals surface area contributed by atoms with Crippen molar-refractivity contribution in [3.05, 3.63) is 70.4 Å². The highest BCUT2D eigenvalue weighted by Crippen LogP contribution is 2.35. The number of ether oxygens (including phenoxy) is 1. The van der Waals surface area contributed by atoms with E-state index in [0.29, 0.717) is 16.3 Å². The van der Waals surface area contributed by atoms with Crippen LogP contribution >= 0.6 is 23.1 Å². The lowest BCUT2D eigenvalue weighted by atomic mass is 10.1. The molecule has 0 atom stereocenters. The molecule has 0 fully saturated rings. The van der Waals surface area contributed by atoms with Crippen molar-refractivity contribution in [3.63, 3.8) is 0 Å². The van der Waals surface area contributed by atoms with E-state index in [9.17, 15) is 18.0 Å². The Morgan fingerprint density at radius 2 is 1.94 bits per heavy atom. The van der Waals surface area contributed by atoms with Gasteiger partial charge in [-0.25, -0.2) is 4.98 Å². The third kappa shape index (κ3) is 4.83. The van der Waals surface area contributed by atoms with E-state index < -0.39 is 11.7 Å². The predicted molar refractivity (Wildman–Crippen MR) is 121 cm³/mol. The molecule has 2 aromatic carbocycles. The molecule has 166 valence electrons. The van der Waals surface area contributed by atoms with E-state index in [1.54, 1.807) is 11.8 Å². The highest BCUT2D eigenvalue weighted by molar-refractivity contribution is 7.98. The van der Waals surface area contributed by atoms with Crippen LogP contribution < -0.4 is 0 Å². The highest BCUT2D eigenvalue weighted by atomic mass is 32.2. The van der Waals surface area contributed by atoms with Crippen LogP contribution in [0.25, 0.3) is 21.5 Å². The summed E-state index contributed by atoms with van der Waals surface area (Å²) in [5.41, 5.74) is 2.70. The summed E-state index contributed by atoms with van der Waals surface area (Å²) in [5.74, 6) is 0.395. The van der Waals surface area contributed by atoms with Crippen LogP contribution in [0.5, 0.6) is 0 Å². The molecule has 2 heterocycles. The number of rotatable bonds is 6. The Labute approximate surface area is 190 Å². The summed E-state index contributed by atoms with van der Waals surface area (Å²) in [4.78, 5) is 21.5. The lowest BCUT2D eigenvalue weighted by molar-refractivity contribution is -0.140. The van der Waals surface area contributed by atoms with E-state index in [4.69, 9.17) is 4.74 Å². The van der Waals surface area contributed by atoms with Gasteiger partial charge in [0.15, 0.2) is 0 Å². The van der Waals surface area contributed by atoms with Gasteiger partial charge >= 0.3 is 12.1 Å². The van der Waals surface area contributed by atoms with Crippen molar-refractivity contribution in [1.82, 2.24) is 9.97 Å². The molecule has 4 nitrogen and oxygen atoms in total. The zero-order chi connectivity index (χ0) is 22.9. The standard InChI is InChI=1S/C23H19F3N2O2S2/c1-13-20(32-22(28-13)14-3-5-16(6-4-14)23(24,25)26)12-31-17-7-8-19-18(10-17)15(11-27-19)9-21(29)30-2/h3-8,10-11,27H,9,12H2,1-2H3. The molecule has 0 unspecified atom stereocenters. The highest BCUT2D eigenvalue weighted by Gasteiger charge is 2.30. The van der Waals surface area contributed by atoms with Crippen LogP contribution in [0, 0.1) is 6.92 Å². The Morgan fingerprint density at radius 1 is 1.19 bits per heavy atom. The quantitative estimate of drug-likeness (QED) is 0.251. The molecule has 9 heteroatoms. The maximum atomic E-state index is 12.8. The van der Waals surface area contributed by atoms with Crippen LogP contribution in [-0.2, 0) is 27.9 Å². The molecule has 2 aromatic heterocycles. The SMILES string of the molecule is COC(=O)Cc1c[nH]c2ccc(SCc3sc(-c4ccc(C(F)(F)F)cc4)nc3C)cc12. The fourth-order valence-electron chi connectivity index (χ4n) is 3.26. The maximum absolute atomic E-state index is 12.8. The molecular formula is C23H19F3N2O2S2. The number of carbonyl (C=O) groups excluding carboxylic acids is 1. The number of nitrogens with one attached hydrogen (secondary N) is 1. The van der Waals surface area contributed by atoms with Gasteiger partial charge in [-0.3, -0.25) is 4.79 Å². The number of hydrogen-bond acceptors (Lipinski definition) is 5. The van der Waals surface area contributed by atoms with Gasteiger partial charge in [0, 0.05) is 38.2 Å². The largest absolute Gasteiger partial charge is 0.469 e. The second-order valence-corrected chi connectivity index (χ2v) is 9.30. The predicted octanol–water partition coefficient (Wildman–Crippen LogP) is 6.63. The fourth-order valence-corrected chi connectivity index (χ4v) is 5.41. The van der Waals surface area contributed by atoms with Gasteiger partial charge in [-0.2, -0.15) is 13.2 Å². The first kappa shape index (κ1) is 22.4. The number of nitrogens with zero attached hydrogens (tertiary/aromatic N) is 1. The average molecular weight is 477 g/mol. The summed E-state index contributed by atoms with van der Waals surface area (Å²) in [6.07, 6.45) is -2.33. The lowest BCUT2D eigenvalue weighted by Crippen LogP contribution is -2.03. The summed E-state index contributed by atoms with van der Waals surface area (Å²) in [6.45, 7) is 1.91. The van der Waals surface area contributed by atoms with Gasteiger partial charge in [0.1, 0.15) is 5.01 Å². The topological polar surface area (TPSA) is 55.0 Å². The Hall–Kier alpha value is -2.78. The van der Waals surface area contributed by atoms with Crippen molar-refractivity contribution in [1.29, 1.82) is 0 Å². The van der Waals surface area contributed by atoms with Crippen LogP contribution in [0.1, 0.15) is 21.7 Å². The number of H-pyrrole nitrogens is 1. The number of aromatic nitrogens is 2. The second-order valence-electron chi connectivity index (χ2n) is 7.17. The molecule has 0 aliphatic rings. The maximum Gasteiger partial charge on any atom is 0.416 e. The minimum Gasteiger partial charge on any atom is -0.469 e. The Bertz CT molecular complexity index is 1260. The monoisotopic (exact) mass is 476 g/mol. The molecule has 0 aliphatic carbocycles. The number of alkyl halides is 3. The van der Waals surface area contributed by atoms with Gasteiger partial charge < -0.3 is 9.72 Å². The summed E-state index contributed by atoms with van der Waals surface area (Å²) < 4.78 is 43.1. The fraction of sp³-hybridized carbons (Fsp3) is 0.217. The van der Waals surface area contributed by atoms with Gasteiger partial charge in [-0.05, 0) is 42.8 Å². The number of methoxy groups -OCH3 is 1. The Morgan fingerprint density at radius 3 is 2.62 bits per heavy atom. The molecule has 0 radical (unpaired) electrons. The average Bonchev–Trinajstić information content (AvgIpc) is 3.34. The van der Waals surface area contributed by atoms with E-state index in [1.165, 1.54) is 30.6 Å². The van der Waals surface area contributed by atoms with Crippen LogP contribution in [0.4, 0.5) is 13.2 Å². The van der Waals surface area contributed by atoms with E-state index in [2.05, 4.69) is 9.97 Å². The van der Waals surface area contributed by atoms with E-state index >= 15 is 0 Å². The van der Waals surface area contributed by atoms with Gasteiger partial charge in [0.25, 0.3) is 0 Å². The molecule has 0 amide bonds. The number of fused-ring (bicyclic) bond motifs is 1. The number of thiazole rings is 1. The number of aryl methyl sites for hydroxylation is 1. The van der Waals surface area contributed by atoms with Crippen molar-refractivity contribution in [2.24, 2.45) is 0 Å². The number of thioether (sulfide) groups is 1. The third-order valence-electron chi connectivity index (χ3n) is 5.02. The first-order valence-corrected chi connectivity index (χ1v) is 11.5. The molecule has 32 heavy (non-hydrogen) atoms. The zero-order valence-electron chi connectivity index (χ0n) is 17.2. The first-order chi connectivity index (χ1) is 15.2. The van der Waals surface area contributed by atoms with Gasteiger partial charge in [-0.1, -0.05) is 12.1 Å². The van der Waals surface area contributed by atoms with E-state index in [1.807, 2.05) is 31.3 Å². The van der Waals surface area contributed by atoms with Gasteiger partial charge in [0.2, 0.25) is 0 Å². The number of carbonyl (C=O) groups is 1. The minimum absolute atomic E-state index is 0.203. The van der Waals surface area contributed by atoms with Crippen molar-refractivity contribution in [2.75, 3.05) is 7.11 Å². The summed E-state index contributed by atoms with van der Waals surface area (Å²) >= 11 is 3.13. The van der Waals surface area contributed by atoms with Gasteiger partial charge in [-0.15, -0.1) is 23.1 Å². The van der Waals surface area contributed by atoms with Crippen molar-refractivity contribution in [2.45, 2.75) is 30.2 Å². The molecule has 4 rings (SSSR count). The number of esters is 1. The van der Waals surface area contributed by atoms with E-state index in [-0.39, 0.29) is 12.4 Å². The normalized spacial score (nSPS) is 11.8. The minimum atomic E-state index is -4.35. The molecule has 0 bridgehead atoms.